The van der Waals surface area contributed by atoms with E-state index in [0.29, 0.717) is 19.1 Å². The highest BCUT2D eigenvalue weighted by Crippen LogP contribution is 2.25. The van der Waals surface area contributed by atoms with E-state index >= 15 is 0 Å². The summed E-state index contributed by atoms with van der Waals surface area (Å²) < 4.78 is 6.22. The molecule has 4 nitrogen and oxygen atoms in total. The van der Waals surface area contributed by atoms with Crippen molar-refractivity contribution in [2.75, 3.05) is 44.9 Å². The van der Waals surface area contributed by atoms with E-state index in [2.05, 4.69) is 58.2 Å². The molecule has 1 aromatic carbocycles. The SMILES string of the molecule is COCCN(CCO)c1cc(Br)ccc1CNCC(C)C. The number of rotatable bonds is 10. The molecule has 0 amide bonds. The van der Waals surface area contributed by atoms with Crippen LogP contribution in [-0.4, -0.2) is 45.1 Å². The Hall–Kier alpha value is -0.620. The van der Waals surface area contributed by atoms with Crippen LogP contribution in [0.15, 0.2) is 22.7 Å². The highest BCUT2D eigenvalue weighted by Gasteiger charge is 2.11. The summed E-state index contributed by atoms with van der Waals surface area (Å²) in [5.41, 5.74) is 2.38. The second-order valence-corrected chi connectivity index (χ2v) is 6.42. The third-order valence-electron chi connectivity index (χ3n) is 3.19. The van der Waals surface area contributed by atoms with Crippen molar-refractivity contribution >= 4 is 21.6 Å². The Bertz CT molecular complexity index is 413. The summed E-state index contributed by atoms with van der Waals surface area (Å²) in [6, 6.07) is 6.30. The summed E-state index contributed by atoms with van der Waals surface area (Å²) in [5.74, 6) is 0.630. The van der Waals surface area contributed by atoms with Gasteiger partial charge < -0.3 is 20.1 Å². The zero-order chi connectivity index (χ0) is 15.7. The smallest absolute Gasteiger partial charge is 0.0637 e. The van der Waals surface area contributed by atoms with Crippen LogP contribution in [0, 0.1) is 5.92 Å². The van der Waals surface area contributed by atoms with E-state index in [1.54, 1.807) is 7.11 Å². The molecule has 0 unspecified atom stereocenters. The van der Waals surface area contributed by atoms with Crippen molar-refractivity contribution in [1.29, 1.82) is 0 Å². The van der Waals surface area contributed by atoms with Gasteiger partial charge in [-0.25, -0.2) is 0 Å². The summed E-state index contributed by atoms with van der Waals surface area (Å²) in [6.07, 6.45) is 0. The van der Waals surface area contributed by atoms with E-state index in [-0.39, 0.29) is 6.61 Å². The van der Waals surface area contributed by atoms with Crippen molar-refractivity contribution in [2.24, 2.45) is 5.92 Å². The predicted octanol–water partition coefficient (Wildman–Crippen LogP) is 2.64. The first-order chi connectivity index (χ1) is 10.1. The van der Waals surface area contributed by atoms with Crippen LogP contribution >= 0.6 is 15.9 Å². The molecule has 0 aliphatic rings. The molecule has 0 bridgehead atoms. The minimum Gasteiger partial charge on any atom is -0.395 e. The average Bonchev–Trinajstić information content (AvgIpc) is 2.44. The molecule has 5 heteroatoms. The average molecular weight is 359 g/mol. The minimum atomic E-state index is 0.134. The van der Waals surface area contributed by atoms with E-state index < -0.39 is 0 Å². The number of nitrogens with zero attached hydrogens (tertiary/aromatic N) is 1. The highest BCUT2D eigenvalue weighted by atomic mass is 79.9. The standard InChI is InChI=1S/C16H27BrN2O2/c1-13(2)11-18-12-14-4-5-15(17)10-16(14)19(6-8-20)7-9-21-3/h4-5,10,13,18,20H,6-9,11-12H2,1-3H3. The van der Waals surface area contributed by atoms with Gasteiger partial charge in [-0.3, -0.25) is 0 Å². The molecule has 120 valence electrons. The molecule has 1 aromatic rings. The molecule has 0 spiro atoms. The molecule has 0 saturated carbocycles. The van der Waals surface area contributed by atoms with Crippen LogP contribution in [-0.2, 0) is 11.3 Å². The lowest BCUT2D eigenvalue weighted by Crippen LogP contribution is -2.31. The number of ether oxygens (including phenoxy) is 1. The highest BCUT2D eigenvalue weighted by molar-refractivity contribution is 9.10. The zero-order valence-electron chi connectivity index (χ0n) is 13.2. The Labute approximate surface area is 136 Å². The molecule has 0 atom stereocenters. The largest absolute Gasteiger partial charge is 0.395 e. The first-order valence-electron chi connectivity index (χ1n) is 7.42. The molecule has 0 heterocycles. The second kappa shape index (κ2) is 10.2. The summed E-state index contributed by atoms with van der Waals surface area (Å²) in [4.78, 5) is 2.17. The van der Waals surface area contributed by atoms with Crippen molar-refractivity contribution in [3.63, 3.8) is 0 Å². The van der Waals surface area contributed by atoms with Gasteiger partial charge in [0, 0.05) is 36.9 Å². The first-order valence-corrected chi connectivity index (χ1v) is 8.21. The van der Waals surface area contributed by atoms with Gasteiger partial charge in [-0.2, -0.15) is 0 Å². The van der Waals surface area contributed by atoms with Gasteiger partial charge in [0.15, 0.2) is 0 Å². The fourth-order valence-electron chi connectivity index (χ4n) is 2.15. The fourth-order valence-corrected chi connectivity index (χ4v) is 2.50. The molecule has 0 aromatic heterocycles. The van der Waals surface area contributed by atoms with Crippen molar-refractivity contribution < 1.29 is 9.84 Å². The Morgan fingerprint density at radius 3 is 2.71 bits per heavy atom. The number of aliphatic hydroxyl groups is 1. The summed E-state index contributed by atoms with van der Waals surface area (Å²) in [5, 5.41) is 12.8. The number of benzene rings is 1. The molecule has 1 rings (SSSR count). The van der Waals surface area contributed by atoms with E-state index in [1.807, 2.05) is 0 Å². The summed E-state index contributed by atoms with van der Waals surface area (Å²) in [7, 11) is 1.70. The van der Waals surface area contributed by atoms with Gasteiger partial charge >= 0.3 is 0 Å². The van der Waals surface area contributed by atoms with Crippen molar-refractivity contribution in [3.8, 4) is 0 Å². The molecular weight excluding hydrogens is 332 g/mol. The number of hydrogen-bond acceptors (Lipinski definition) is 4. The van der Waals surface area contributed by atoms with Crippen molar-refractivity contribution in [3.05, 3.63) is 28.2 Å². The lowest BCUT2D eigenvalue weighted by atomic mass is 10.1. The third-order valence-corrected chi connectivity index (χ3v) is 3.68. The maximum atomic E-state index is 9.30. The van der Waals surface area contributed by atoms with Gasteiger partial charge in [-0.15, -0.1) is 0 Å². The molecule has 2 N–H and O–H groups in total. The Morgan fingerprint density at radius 1 is 1.33 bits per heavy atom. The maximum absolute atomic E-state index is 9.30. The number of nitrogens with one attached hydrogen (secondary N) is 1. The van der Waals surface area contributed by atoms with Gasteiger partial charge in [0.05, 0.1) is 13.2 Å². The molecule has 0 fully saturated rings. The zero-order valence-corrected chi connectivity index (χ0v) is 14.8. The number of hydrogen-bond donors (Lipinski definition) is 2. The number of anilines is 1. The van der Waals surface area contributed by atoms with Crippen LogP contribution in [0.4, 0.5) is 5.69 Å². The predicted molar refractivity (Wildman–Crippen MR) is 91.9 cm³/mol. The Kier molecular flexibility index (Phi) is 8.92. The van der Waals surface area contributed by atoms with Gasteiger partial charge in [0.2, 0.25) is 0 Å². The van der Waals surface area contributed by atoms with Crippen LogP contribution in [0.3, 0.4) is 0 Å². The van der Waals surface area contributed by atoms with Gasteiger partial charge in [-0.05, 0) is 30.2 Å². The number of methoxy groups -OCH3 is 1. The molecule has 21 heavy (non-hydrogen) atoms. The topological polar surface area (TPSA) is 44.7 Å². The Balaban J connectivity index is 2.86. The molecule has 0 aliphatic heterocycles. The summed E-state index contributed by atoms with van der Waals surface area (Å²) >= 11 is 3.53. The van der Waals surface area contributed by atoms with Crippen LogP contribution in [0.2, 0.25) is 0 Å². The van der Waals surface area contributed by atoms with Gasteiger partial charge in [0.1, 0.15) is 0 Å². The third kappa shape index (κ3) is 6.78. The molecule has 0 saturated heterocycles. The normalized spacial score (nSPS) is 11.1. The fraction of sp³-hybridized carbons (Fsp3) is 0.625. The lowest BCUT2D eigenvalue weighted by molar-refractivity contribution is 0.203. The van der Waals surface area contributed by atoms with Crippen LogP contribution in [0.5, 0.6) is 0 Å². The van der Waals surface area contributed by atoms with Crippen LogP contribution < -0.4 is 10.2 Å². The van der Waals surface area contributed by atoms with Crippen LogP contribution in [0.25, 0.3) is 0 Å². The number of aliphatic hydroxyl groups excluding tert-OH is 1. The van der Waals surface area contributed by atoms with E-state index in [9.17, 15) is 5.11 Å². The first kappa shape index (κ1) is 18.4. The van der Waals surface area contributed by atoms with Gasteiger partial charge in [-0.1, -0.05) is 35.8 Å². The van der Waals surface area contributed by atoms with E-state index in [0.717, 1.165) is 29.8 Å². The van der Waals surface area contributed by atoms with Crippen molar-refractivity contribution in [2.45, 2.75) is 20.4 Å². The Morgan fingerprint density at radius 2 is 2.10 bits per heavy atom. The maximum Gasteiger partial charge on any atom is 0.0637 e. The second-order valence-electron chi connectivity index (χ2n) is 5.50. The molecule has 0 aliphatic carbocycles. The lowest BCUT2D eigenvalue weighted by Gasteiger charge is -2.27. The molecular formula is C16H27BrN2O2. The quantitative estimate of drug-likeness (QED) is 0.674. The minimum absolute atomic E-state index is 0.134. The van der Waals surface area contributed by atoms with Crippen molar-refractivity contribution in [1.82, 2.24) is 5.32 Å². The van der Waals surface area contributed by atoms with E-state index in [1.165, 1.54) is 5.56 Å². The van der Waals surface area contributed by atoms with E-state index in [4.69, 9.17) is 4.74 Å². The number of halogens is 1. The van der Waals surface area contributed by atoms with Gasteiger partial charge in [0.25, 0.3) is 0 Å². The van der Waals surface area contributed by atoms with Crippen LogP contribution in [0.1, 0.15) is 19.4 Å². The summed E-state index contributed by atoms with van der Waals surface area (Å²) in [6.45, 7) is 8.38. The molecule has 0 radical (unpaired) electrons. The monoisotopic (exact) mass is 358 g/mol.